The van der Waals surface area contributed by atoms with Crippen molar-refractivity contribution in [2.24, 2.45) is 0 Å². The molecule has 7 nitrogen and oxygen atoms in total. The predicted octanol–water partition coefficient (Wildman–Crippen LogP) is 5.44. The summed E-state index contributed by atoms with van der Waals surface area (Å²) in [6.07, 6.45) is 1.43. The molecule has 0 atom stereocenters. The van der Waals surface area contributed by atoms with Gasteiger partial charge in [-0.1, -0.05) is 42.5 Å². The van der Waals surface area contributed by atoms with Crippen molar-refractivity contribution in [3.05, 3.63) is 108 Å². The highest BCUT2D eigenvalue weighted by atomic mass is 16.5. The number of furan rings is 1. The standard InChI is InChI=1S/C27H24N2O5/c1-19-12-13-23(25(15-19)34-17-20-7-3-2-4-8-20)29-26(30)18-33-22-10-5-9-21(16-22)28-27(31)24-11-6-14-32-24/h2-16H,17-18H2,1H3,(H,28,31)(H,29,30). The van der Waals surface area contributed by atoms with Crippen LogP contribution < -0.4 is 20.1 Å². The fraction of sp³-hybridized carbons (Fsp3) is 0.111. The number of hydrogen-bond donors (Lipinski definition) is 2. The van der Waals surface area contributed by atoms with E-state index >= 15 is 0 Å². The molecule has 4 aromatic rings. The largest absolute Gasteiger partial charge is 0.487 e. The smallest absolute Gasteiger partial charge is 0.291 e. The zero-order valence-corrected chi connectivity index (χ0v) is 18.6. The van der Waals surface area contributed by atoms with E-state index in [1.54, 1.807) is 42.5 Å². The summed E-state index contributed by atoms with van der Waals surface area (Å²) in [5.41, 5.74) is 3.14. The maximum Gasteiger partial charge on any atom is 0.291 e. The quantitative estimate of drug-likeness (QED) is 0.350. The van der Waals surface area contributed by atoms with Crippen molar-refractivity contribution in [2.75, 3.05) is 17.2 Å². The number of benzene rings is 3. The van der Waals surface area contributed by atoms with Crippen LogP contribution in [0.1, 0.15) is 21.7 Å². The molecule has 0 saturated heterocycles. The third kappa shape index (κ3) is 6.26. The molecule has 0 aliphatic carbocycles. The number of ether oxygens (including phenoxy) is 2. The van der Waals surface area contributed by atoms with Gasteiger partial charge in [0.2, 0.25) is 0 Å². The second-order valence-corrected chi connectivity index (χ2v) is 7.57. The average Bonchev–Trinajstić information content (AvgIpc) is 3.39. The van der Waals surface area contributed by atoms with Crippen molar-refractivity contribution in [2.45, 2.75) is 13.5 Å². The molecule has 7 heteroatoms. The van der Waals surface area contributed by atoms with Gasteiger partial charge < -0.3 is 24.5 Å². The number of carbonyl (C=O) groups is 2. The lowest BCUT2D eigenvalue weighted by atomic mass is 10.2. The lowest BCUT2D eigenvalue weighted by Crippen LogP contribution is -2.20. The number of aryl methyl sites for hydroxylation is 1. The lowest BCUT2D eigenvalue weighted by molar-refractivity contribution is -0.118. The molecule has 0 radical (unpaired) electrons. The van der Waals surface area contributed by atoms with E-state index in [4.69, 9.17) is 13.9 Å². The third-order valence-electron chi connectivity index (χ3n) is 4.86. The Kier molecular flexibility index (Phi) is 7.25. The van der Waals surface area contributed by atoms with Crippen LogP contribution in [0.15, 0.2) is 95.6 Å². The highest BCUT2D eigenvalue weighted by Gasteiger charge is 2.12. The van der Waals surface area contributed by atoms with Gasteiger partial charge in [-0.2, -0.15) is 0 Å². The molecule has 34 heavy (non-hydrogen) atoms. The van der Waals surface area contributed by atoms with Crippen molar-refractivity contribution < 1.29 is 23.5 Å². The summed E-state index contributed by atoms with van der Waals surface area (Å²) in [5.74, 6) is 0.520. The fourth-order valence-corrected chi connectivity index (χ4v) is 3.19. The Labute approximate surface area is 197 Å². The molecule has 2 amide bonds. The second-order valence-electron chi connectivity index (χ2n) is 7.57. The number of hydrogen-bond acceptors (Lipinski definition) is 5. The van der Waals surface area contributed by atoms with Crippen molar-refractivity contribution >= 4 is 23.2 Å². The van der Waals surface area contributed by atoms with Crippen molar-refractivity contribution in [3.8, 4) is 11.5 Å². The van der Waals surface area contributed by atoms with E-state index < -0.39 is 0 Å². The maximum absolute atomic E-state index is 12.5. The molecule has 2 N–H and O–H groups in total. The molecule has 0 spiro atoms. The number of amides is 2. The topological polar surface area (TPSA) is 89.8 Å². The Morgan fingerprint density at radius 3 is 2.50 bits per heavy atom. The Morgan fingerprint density at radius 2 is 1.71 bits per heavy atom. The number of carbonyl (C=O) groups excluding carboxylic acids is 2. The van der Waals surface area contributed by atoms with E-state index in [1.165, 1.54) is 6.26 Å². The van der Waals surface area contributed by atoms with Crippen LogP contribution in [0.2, 0.25) is 0 Å². The van der Waals surface area contributed by atoms with Gasteiger partial charge in [0.05, 0.1) is 12.0 Å². The van der Waals surface area contributed by atoms with Gasteiger partial charge in [-0.3, -0.25) is 9.59 Å². The van der Waals surface area contributed by atoms with E-state index in [9.17, 15) is 9.59 Å². The number of anilines is 2. The Bertz CT molecular complexity index is 1250. The molecule has 0 aliphatic rings. The van der Waals surface area contributed by atoms with Crippen LogP contribution in [0.5, 0.6) is 11.5 Å². The summed E-state index contributed by atoms with van der Waals surface area (Å²) >= 11 is 0. The first-order chi connectivity index (χ1) is 16.6. The van der Waals surface area contributed by atoms with Gasteiger partial charge in [-0.15, -0.1) is 0 Å². The predicted molar refractivity (Wildman–Crippen MR) is 129 cm³/mol. The molecule has 172 valence electrons. The van der Waals surface area contributed by atoms with Gasteiger partial charge in [0.25, 0.3) is 11.8 Å². The monoisotopic (exact) mass is 456 g/mol. The molecule has 0 fully saturated rings. The first-order valence-electron chi connectivity index (χ1n) is 10.7. The second kappa shape index (κ2) is 10.9. The van der Waals surface area contributed by atoms with Gasteiger partial charge in [0, 0.05) is 11.8 Å². The summed E-state index contributed by atoms with van der Waals surface area (Å²) in [6, 6.07) is 25.4. The highest BCUT2D eigenvalue weighted by Crippen LogP contribution is 2.27. The maximum atomic E-state index is 12.5. The molecule has 1 aromatic heterocycles. The van der Waals surface area contributed by atoms with Crippen LogP contribution in [-0.2, 0) is 11.4 Å². The zero-order chi connectivity index (χ0) is 23.8. The van der Waals surface area contributed by atoms with Crippen LogP contribution in [-0.4, -0.2) is 18.4 Å². The number of nitrogens with one attached hydrogen (secondary N) is 2. The minimum Gasteiger partial charge on any atom is -0.487 e. The Morgan fingerprint density at radius 1 is 0.853 bits per heavy atom. The highest BCUT2D eigenvalue weighted by molar-refractivity contribution is 6.02. The summed E-state index contributed by atoms with van der Waals surface area (Å²) in [6.45, 7) is 2.14. The van der Waals surface area contributed by atoms with Gasteiger partial charge >= 0.3 is 0 Å². The first kappa shape index (κ1) is 22.7. The minimum atomic E-state index is -0.373. The average molecular weight is 456 g/mol. The van der Waals surface area contributed by atoms with Crippen LogP contribution in [0.3, 0.4) is 0 Å². The SMILES string of the molecule is Cc1ccc(NC(=O)COc2cccc(NC(=O)c3ccco3)c2)c(OCc2ccccc2)c1. The van der Waals surface area contributed by atoms with Crippen LogP contribution in [0.25, 0.3) is 0 Å². The molecular formula is C27H24N2O5. The van der Waals surface area contributed by atoms with Gasteiger partial charge in [0.1, 0.15) is 18.1 Å². The van der Waals surface area contributed by atoms with Crippen LogP contribution >= 0.6 is 0 Å². The van der Waals surface area contributed by atoms with E-state index in [-0.39, 0.29) is 24.2 Å². The first-order valence-corrected chi connectivity index (χ1v) is 10.7. The molecule has 3 aromatic carbocycles. The number of rotatable bonds is 9. The van der Waals surface area contributed by atoms with Crippen molar-refractivity contribution in [3.63, 3.8) is 0 Å². The van der Waals surface area contributed by atoms with Gasteiger partial charge in [0.15, 0.2) is 12.4 Å². The van der Waals surface area contributed by atoms with Gasteiger partial charge in [-0.25, -0.2) is 0 Å². The third-order valence-corrected chi connectivity index (χ3v) is 4.86. The molecule has 0 unspecified atom stereocenters. The Hall–Kier alpha value is -4.52. The molecule has 0 saturated carbocycles. The summed E-state index contributed by atoms with van der Waals surface area (Å²) in [7, 11) is 0. The van der Waals surface area contributed by atoms with E-state index in [0.29, 0.717) is 29.5 Å². The van der Waals surface area contributed by atoms with Crippen molar-refractivity contribution in [1.29, 1.82) is 0 Å². The zero-order valence-electron chi connectivity index (χ0n) is 18.6. The molecule has 4 rings (SSSR count). The molecular weight excluding hydrogens is 432 g/mol. The summed E-state index contributed by atoms with van der Waals surface area (Å²) in [5, 5.41) is 5.56. The van der Waals surface area contributed by atoms with Crippen LogP contribution in [0, 0.1) is 6.92 Å². The lowest BCUT2D eigenvalue weighted by Gasteiger charge is -2.14. The Balaban J connectivity index is 1.34. The molecule has 0 bridgehead atoms. The van der Waals surface area contributed by atoms with E-state index in [2.05, 4.69) is 10.6 Å². The van der Waals surface area contributed by atoms with Crippen molar-refractivity contribution in [1.82, 2.24) is 0 Å². The van der Waals surface area contributed by atoms with E-state index in [0.717, 1.165) is 11.1 Å². The summed E-state index contributed by atoms with van der Waals surface area (Å²) in [4.78, 5) is 24.7. The molecule has 1 heterocycles. The minimum absolute atomic E-state index is 0.203. The van der Waals surface area contributed by atoms with E-state index in [1.807, 2.05) is 49.4 Å². The normalized spacial score (nSPS) is 10.4. The molecule has 0 aliphatic heterocycles. The fourth-order valence-electron chi connectivity index (χ4n) is 3.19. The van der Waals surface area contributed by atoms with Crippen LogP contribution in [0.4, 0.5) is 11.4 Å². The summed E-state index contributed by atoms with van der Waals surface area (Å²) < 4.78 is 16.7. The van der Waals surface area contributed by atoms with Gasteiger partial charge in [-0.05, 0) is 54.4 Å².